The fourth-order valence-corrected chi connectivity index (χ4v) is 3.39. The van der Waals surface area contributed by atoms with Crippen LogP contribution in [0.4, 0.5) is 0 Å². The highest BCUT2D eigenvalue weighted by molar-refractivity contribution is 5.28. The molecule has 1 aliphatic heterocycles. The van der Waals surface area contributed by atoms with E-state index < -0.39 is 0 Å². The van der Waals surface area contributed by atoms with Crippen LogP contribution in [-0.2, 0) is 5.54 Å². The highest BCUT2D eigenvalue weighted by Gasteiger charge is 2.46. The molecule has 1 aromatic carbocycles. The number of benzene rings is 1. The molecule has 0 spiro atoms. The van der Waals surface area contributed by atoms with Crippen LogP contribution < -0.4 is 5.32 Å². The molecule has 1 aliphatic carbocycles. The second kappa shape index (κ2) is 3.09. The van der Waals surface area contributed by atoms with Crippen LogP contribution in [0.5, 0.6) is 0 Å². The lowest BCUT2D eigenvalue weighted by Crippen LogP contribution is -2.38. The van der Waals surface area contributed by atoms with Crippen LogP contribution in [0, 0.1) is 5.92 Å². The summed E-state index contributed by atoms with van der Waals surface area (Å²) >= 11 is 0. The number of nitrogens with one attached hydrogen (secondary N) is 1. The van der Waals surface area contributed by atoms with Crippen molar-refractivity contribution in [2.24, 2.45) is 5.92 Å². The quantitative estimate of drug-likeness (QED) is 0.712. The van der Waals surface area contributed by atoms with E-state index in [9.17, 15) is 0 Å². The minimum Gasteiger partial charge on any atom is -0.307 e. The lowest BCUT2D eigenvalue weighted by Gasteiger charge is -2.30. The summed E-state index contributed by atoms with van der Waals surface area (Å²) in [6, 6.07) is 11.0. The molecule has 2 aliphatic rings. The van der Waals surface area contributed by atoms with Crippen LogP contribution in [-0.4, -0.2) is 6.54 Å². The first kappa shape index (κ1) is 8.49. The van der Waals surface area contributed by atoms with Crippen LogP contribution in [0.1, 0.15) is 31.2 Å². The van der Waals surface area contributed by atoms with Gasteiger partial charge in [-0.25, -0.2) is 0 Å². The summed E-state index contributed by atoms with van der Waals surface area (Å²) in [5.41, 5.74) is 1.86. The predicted octanol–water partition coefficient (Wildman–Crippen LogP) is 2.68. The molecule has 1 saturated heterocycles. The van der Waals surface area contributed by atoms with Gasteiger partial charge >= 0.3 is 0 Å². The summed E-state index contributed by atoms with van der Waals surface area (Å²) in [6.45, 7) is 1.21. The van der Waals surface area contributed by atoms with E-state index in [1.807, 2.05) is 0 Å². The van der Waals surface area contributed by atoms with Crippen molar-refractivity contribution in [1.29, 1.82) is 0 Å². The van der Waals surface area contributed by atoms with E-state index in [1.54, 1.807) is 0 Å². The monoisotopic (exact) mass is 187 g/mol. The number of hydrogen-bond donors (Lipinski definition) is 1. The molecular formula is C13H17N. The summed E-state index contributed by atoms with van der Waals surface area (Å²) in [7, 11) is 0. The Morgan fingerprint density at radius 3 is 2.86 bits per heavy atom. The molecule has 2 fully saturated rings. The van der Waals surface area contributed by atoms with Crippen molar-refractivity contribution in [2.45, 2.75) is 31.2 Å². The second-order valence-electron chi connectivity index (χ2n) is 4.64. The number of hydrogen-bond acceptors (Lipinski definition) is 1. The second-order valence-corrected chi connectivity index (χ2v) is 4.64. The zero-order valence-electron chi connectivity index (χ0n) is 8.50. The van der Waals surface area contributed by atoms with Crippen LogP contribution in [0.2, 0.25) is 0 Å². The summed E-state index contributed by atoms with van der Waals surface area (Å²) < 4.78 is 0. The van der Waals surface area contributed by atoms with Gasteiger partial charge in [0.1, 0.15) is 0 Å². The molecule has 1 aromatic rings. The van der Waals surface area contributed by atoms with Gasteiger partial charge in [0.2, 0.25) is 0 Å². The van der Waals surface area contributed by atoms with E-state index in [0.717, 1.165) is 5.92 Å². The number of rotatable bonds is 1. The normalized spacial score (nSPS) is 35.9. The zero-order chi connectivity index (χ0) is 9.43. The van der Waals surface area contributed by atoms with E-state index in [0.29, 0.717) is 5.54 Å². The van der Waals surface area contributed by atoms with Gasteiger partial charge in [-0.15, -0.1) is 0 Å². The SMILES string of the molecule is c1ccc(C23CCCC2CCN3)cc1. The minimum atomic E-state index is 0.348. The Labute approximate surface area is 85.5 Å². The van der Waals surface area contributed by atoms with E-state index >= 15 is 0 Å². The Morgan fingerprint density at radius 2 is 2.00 bits per heavy atom. The lowest BCUT2D eigenvalue weighted by atomic mass is 9.82. The molecule has 3 rings (SSSR count). The van der Waals surface area contributed by atoms with Gasteiger partial charge in [0, 0.05) is 5.54 Å². The molecule has 0 radical (unpaired) electrons. The van der Waals surface area contributed by atoms with E-state index in [4.69, 9.17) is 0 Å². The molecule has 14 heavy (non-hydrogen) atoms. The van der Waals surface area contributed by atoms with Gasteiger partial charge in [0.25, 0.3) is 0 Å². The van der Waals surface area contributed by atoms with Crippen molar-refractivity contribution in [3.8, 4) is 0 Å². The maximum Gasteiger partial charge on any atom is 0.0463 e. The number of fused-ring (bicyclic) bond motifs is 1. The lowest BCUT2D eigenvalue weighted by molar-refractivity contribution is 0.331. The zero-order valence-corrected chi connectivity index (χ0v) is 8.50. The van der Waals surface area contributed by atoms with Crippen molar-refractivity contribution in [3.63, 3.8) is 0 Å². The standard InChI is InChI=1S/C13H17N/c1-2-5-11(6-3-1)13-9-4-7-12(13)8-10-14-13/h1-3,5-6,12,14H,4,7-10H2. The van der Waals surface area contributed by atoms with E-state index in [1.165, 1.54) is 37.8 Å². The summed E-state index contributed by atoms with van der Waals surface area (Å²) in [5.74, 6) is 0.893. The first-order chi connectivity index (χ1) is 6.92. The maximum absolute atomic E-state index is 3.75. The third-order valence-electron chi connectivity index (χ3n) is 4.04. The first-order valence-corrected chi connectivity index (χ1v) is 5.72. The predicted molar refractivity (Wildman–Crippen MR) is 58.1 cm³/mol. The molecule has 1 heteroatoms. The van der Waals surface area contributed by atoms with E-state index in [-0.39, 0.29) is 0 Å². The largest absolute Gasteiger partial charge is 0.307 e. The highest BCUT2D eigenvalue weighted by atomic mass is 15.0. The first-order valence-electron chi connectivity index (χ1n) is 5.72. The molecule has 1 N–H and O–H groups in total. The van der Waals surface area contributed by atoms with Crippen LogP contribution in [0.15, 0.2) is 30.3 Å². The highest BCUT2D eigenvalue weighted by Crippen LogP contribution is 2.48. The Balaban J connectivity index is 2.03. The molecule has 1 nitrogen and oxygen atoms in total. The Hall–Kier alpha value is -0.820. The molecule has 74 valence electrons. The smallest absolute Gasteiger partial charge is 0.0463 e. The van der Waals surface area contributed by atoms with Gasteiger partial charge in [-0.05, 0) is 37.3 Å². The molecule has 2 unspecified atom stereocenters. The third kappa shape index (κ3) is 1.05. The van der Waals surface area contributed by atoms with Crippen LogP contribution in [0.3, 0.4) is 0 Å². The van der Waals surface area contributed by atoms with Gasteiger partial charge in [0.15, 0.2) is 0 Å². The molecule has 0 aromatic heterocycles. The van der Waals surface area contributed by atoms with Crippen molar-refractivity contribution in [2.75, 3.05) is 6.54 Å². The minimum absolute atomic E-state index is 0.348. The summed E-state index contributed by atoms with van der Waals surface area (Å²) in [6.07, 6.45) is 5.52. The van der Waals surface area contributed by atoms with Crippen LogP contribution >= 0.6 is 0 Å². The average Bonchev–Trinajstić information content (AvgIpc) is 2.77. The van der Waals surface area contributed by atoms with Gasteiger partial charge in [-0.3, -0.25) is 0 Å². The molecule has 2 atom stereocenters. The molecule has 0 amide bonds. The Morgan fingerprint density at radius 1 is 1.14 bits per heavy atom. The molecule has 1 heterocycles. The van der Waals surface area contributed by atoms with Gasteiger partial charge < -0.3 is 5.32 Å². The van der Waals surface area contributed by atoms with Crippen molar-refractivity contribution < 1.29 is 0 Å². The van der Waals surface area contributed by atoms with Gasteiger partial charge in [-0.1, -0.05) is 36.8 Å². The summed E-state index contributed by atoms with van der Waals surface area (Å²) in [5, 5.41) is 3.75. The van der Waals surface area contributed by atoms with Crippen molar-refractivity contribution in [3.05, 3.63) is 35.9 Å². The van der Waals surface area contributed by atoms with Crippen molar-refractivity contribution >= 4 is 0 Å². The molecular weight excluding hydrogens is 170 g/mol. The van der Waals surface area contributed by atoms with Gasteiger partial charge in [-0.2, -0.15) is 0 Å². The maximum atomic E-state index is 3.75. The Bertz CT molecular complexity index is 307. The fourth-order valence-electron chi connectivity index (χ4n) is 3.39. The fraction of sp³-hybridized carbons (Fsp3) is 0.538. The third-order valence-corrected chi connectivity index (χ3v) is 4.04. The van der Waals surface area contributed by atoms with Crippen LogP contribution in [0.25, 0.3) is 0 Å². The van der Waals surface area contributed by atoms with Crippen molar-refractivity contribution in [1.82, 2.24) is 5.32 Å². The van der Waals surface area contributed by atoms with E-state index in [2.05, 4.69) is 35.6 Å². The average molecular weight is 187 g/mol. The topological polar surface area (TPSA) is 12.0 Å². The van der Waals surface area contributed by atoms with Gasteiger partial charge in [0.05, 0.1) is 0 Å². The summed E-state index contributed by atoms with van der Waals surface area (Å²) in [4.78, 5) is 0. The molecule has 1 saturated carbocycles. The Kier molecular flexibility index (Phi) is 1.88. The molecule has 0 bridgehead atoms.